The van der Waals surface area contributed by atoms with Crippen LogP contribution >= 0.6 is 0 Å². The molecule has 44 valence electrons. The van der Waals surface area contributed by atoms with Crippen molar-refractivity contribution in [2.45, 2.75) is 0 Å². The molecule has 0 amide bonds. The average Bonchev–Trinajstić information content (AvgIpc) is 1.61. The number of aliphatic carboxylic acids is 2. The molecule has 0 aromatic carbocycles. The number of carboxylic acid groups (broad SMARTS) is 2. The van der Waals surface area contributed by atoms with Crippen molar-refractivity contribution in [1.82, 2.24) is 0 Å². The molecule has 9 heavy (non-hydrogen) atoms. The van der Waals surface area contributed by atoms with Crippen LogP contribution in [0, 0.1) is 0 Å². The fraction of sp³-hybridized carbons (Fsp3) is 0. The molecule has 5 heteroatoms. The fourth-order valence-electron chi connectivity index (χ4n) is 0.143. The van der Waals surface area contributed by atoms with E-state index in [1.807, 2.05) is 0 Å². The zero-order valence-electron chi connectivity index (χ0n) is 4.57. The maximum absolute atomic E-state index is 9.55. The molecule has 0 aliphatic heterocycles. The monoisotopic (exact) mass is 156 g/mol. The van der Waals surface area contributed by atoms with E-state index in [1.165, 1.54) is 0 Å². The molecule has 2 N–H and O–H groups in total. The number of carboxylic acids is 2. The van der Waals surface area contributed by atoms with E-state index in [9.17, 15) is 9.59 Å². The second kappa shape index (κ2) is 6.07. The first-order valence-electron chi connectivity index (χ1n) is 1.77. The summed E-state index contributed by atoms with van der Waals surface area (Å²) in [6.45, 7) is 0. The maximum atomic E-state index is 9.55. The van der Waals surface area contributed by atoms with Gasteiger partial charge in [-0.15, -0.1) is 0 Å². The van der Waals surface area contributed by atoms with Gasteiger partial charge in [-0.2, -0.15) is 0 Å². The number of hydrogen-bond donors (Lipinski definition) is 2. The van der Waals surface area contributed by atoms with Crippen LogP contribution in [0.25, 0.3) is 0 Å². The van der Waals surface area contributed by atoms with Crippen LogP contribution in [-0.4, -0.2) is 59.9 Å². The van der Waals surface area contributed by atoms with Gasteiger partial charge in [0.05, 0.1) is 0 Å². The van der Waals surface area contributed by atoms with E-state index >= 15 is 0 Å². The molecule has 0 atom stereocenters. The van der Waals surface area contributed by atoms with E-state index in [0.29, 0.717) is 12.2 Å². The SMILES string of the molecule is O=C(O)/C=C/C(=O)O.[Ca+2]. The molecule has 0 heterocycles. The van der Waals surface area contributed by atoms with Gasteiger partial charge in [0.15, 0.2) is 0 Å². The summed E-state index contributed by atoms with van der Waals surface area (Å²) in [4.78, 5) is 19.1. The van der Waals surface area contributed by atoms with Gasteiger partial charge < -0.3 is 10.2 Å². The van der Waals surface area contributed by atoms with Gasteiger partial charge in [-0.25, -0.2) is 9.59 Å². The zero-order chi connectivity index (χ0) is 6.57. The molecule has 4 nitrogen and oxygen atoms in total. The van der Waals surface area contributed by atoms with E-state index in [1.54, 1.807) is 0 Å². The van der Waals surface area contributed by atoms with Crippen LogP contribution in [0.2, 0.25) is 0 Å². The zero-order valence-corrected chi connectivity index (χ0v) is 6.78. The molecule has 0 aromatic rings. The van der Waals surface area contributed by atoms with Gasteiger partial charge in [-0.3, -0.25) is 0 Å². The van der Waals surface area contributed by atoms with Gasteiger partial charge >= 0.3 is 49.7 Å². The van der Waals surface area contributed by atoms with Crippen molar-refractivity contribution in [3.63, 3.8) is 0 Å². The molecule has 0 aliphatic carbocycles. The van der Waals surface area contributed by atoms with Crippen LogP contribution in [0.4, 0.5) is 0 Å². The van der Waals surface area contributed by atoms with Gasteiger partial charge in [-0.1, -0.05) is 0 Å². The molecule has 0 fully saturated rings. The Morgan fingerprint density at radius 3 is 1.33 bits per heavy atom. The minimum absolute atomic E-state index is 0. The van der Waals surface area contributed by atoms with Crippen LogP contribution in [0.3, 0.4) is 0 Å². The standard InChI is InChI=1S/C4H4O4.Ca/c5-3(6)1-2-4(7)8;/h1-2H,(H,5,6)(H,7,8);/q;+2/b2-1+;. The van der Waals surface area contributed by atoms with E-state index in [-0.39, 0.29) is 37.7 Å². The molecule has 0 bridgehead atoms. The smallest absolute Gasteiger partial charge is 0.478 e. The third kappa shape index (κ3) is 11.5. The van der Waals surface area contributed by atoms with Crippen LogP contribution in [0.5, 0.6) is 0 Å². The Balaban J connectivity index is 0. The van der Waals surface area contributed by atoms with Crippen molar-refractivity contribution in [1.29, 1.82) is 0 Å². The predicted octanol–water partition coefficient (Wildman–Crippen LogP) is -0.669. The second-order valence-electron chi connectivity index (χ2n) is 1.01. The van der Waals surface area contributed by atoms with Gasteiger partial charge in [0.25, 0.3) is 0 Å². The largest absolute Gasteiger partial charge is 2.00 e. The first-order valence-corrected chi connectivity index (χ1v) is 1.77. The van der Waals surface area contributed by atoms with Gasteiger partial charge in [0, 0.05) is 12.2 Å². The molecule has 0 saturated carbocycles. The quantitative estimate of drug-likeness (QED) is 0.410. The normalized spacial score (nSPS) is 8.44. The van der Waals surface area contributed by atoms with E-state index < -0.39 is 11.9 Å². The summed E-state index contributed by atoms with van der Waals surface area (Å²) in [5.41, 5.74) is 0. The molecule has 0 spiro atoms. The van der Waals surface area contributed by atoms with Crippen molar-refractivity contribution < 1.29 is 19.8 Å². The van der Waals surface area contributed by atoms with Crippen molar-refractivity contribution in [3.8, 4) is 0 Å². The summed E-state index contributed by atoms with van der Waals surface area (Å²) < 4.78 is 0. The molecule has 0 radical (unpaired) electrons. The minimum Gasteiger partial charge on any atom is -0.478 e. The Bertz CT molecular complexity index is 124. The number of carbonyl (C=O) groups is 2. The van der Waals surface area contributed by atoms with Crippen LogP contribution in [-0.2, 0) is 9.59 Å². The van der Waals surface area contributed by atoms with Gasteiger partial charge in [0.1, 0.15) is 0 Å². The second-order valence-corrected chi connectivity index (χ2v) is 1.01. The molecule has 0 rings (SSSR count). The third-order valence-electron chi connectivity index (χ3n) is 0.368. The van der Waals surface area contributed by atoms with Crippen molar-refractivity contribution >= 4 is 49.7 Å². The Kier molecular flexibility index (Phi) is 7.89. The fourth-order valence-corrected chi connectivity index (χ4v) is 0.143. The van der Waals surface area contributed by atoms with Crippen molar-refractivity contribution in [3.05, 3.63) is 12.2 Å². The molecular formula is C4H4CaO4+2. The Hall–Kier alpha value is -0.0603. The summed E-state index contributed by atoms with van der Waals surface area (Å²) in [7, 11) is 0. The Labute approximate surface area is 81.2 Å². The van der Waals surface area contributed by atoms with Crippen molar-refractivity contribution in [2.75, 3.05) is 0 Å². The Morgan fingerprint density at radius 2 is 1.22 bits per heavy atom. The molecular weight excluding hydrogens is 152 g/mol. The predicted molar refractivity (Wildman–Crippen MR) is 30.2 cm³/mol. The van der Waals surface area contributed by atoms with E-state index in [4.69, 9.17) is 10.2 Å². The van der Waals surface area contributed by atoms with Crippen molar-refractivity contribution in [2.24, 2.45) is 0 Å². The summed E-state index contributed by atoms with van der Waals surface area (Å²) >= 11 is 0. The van der Waals surface area contributed by atoms with Crippen LogP contribution in [0.15, 0.2) is 12.2 Å². The van der Waals surface area contributed by atoms with Crippen LogP contribution < -0.4 is 0 Å². The van der Waals surface area contributed by atoms with E-state index in [2.05, 4.69) is 0 Å². The molecule has 0 saturated heterocycles. The minimum atomic E-state index is -1.26. The number of rotatable bonds is 2. The topological polar surface area (TPSA) is 74.6 Å². The van der Waals surface area contributed by atoms with Gasteiger partial charge in [-0.05, 0) is 0 Å². The van der Waals surface area contributed by atoms with Crippen LogP contribution in [0.1, 0.15) is 0 Å². The third-order valence-corrected chi connectivity index (χ3v) is 0.368. The summed E-state index contributed by atoms with van der Waals surface area (Å²) in [5.74, 6) is -2.51. The molecule has 0 unspecified atom stereocenters. The first-order chi connectivity index (χ1) is 3.63. The first kappa shape index (κ1) is 11.7. The average molecular weight is 156 g/mol. The molecule has 0 aromatic heterocycles. The summed E-state index contributed by atoms with van der Waals surface area (Å²) in [5, 5.41) is 15.6. The molecule has 0 aliphatic rings. The maximum Gasteiger partial charge on any atom is 2.00 e. The van der Waals surface area contributed by atoms with E-state index in [0.717, 1.165) is 0 Å². The summed E-state index contributed by atoms with van der Waals surface area (Å²) in [6.07, 6.45) is 1.12. The number of hydrogen-bond acceptors (Lipinski definition) is 2. The van der Waals surface area contributed by atoms with Gasteiger partial charge in [0.2, 0.25) is 0 Å². The Morgan fingerprint density at radius 1 is 1.00 bits per heavy atom. The summed E-state index contributed by atoms with van der Waals surface area (Å²) in [6, 6.07) is 0.